The quantitative estimate of drug-likeness (QED) is 0.193. The largest absolute Gasteiger partial charge is 0.458 e. The van der Waals surface area contributed by atoms with Crippen molar-refractivity contribution in [1.29, 1.82) is 0 Å². The van der Waals surface area contributed by atoms with Gasteiger partial charge in [0.15, 0.2) is 12.7 Å². The molecule has 3 nitrogen and oxygen atoms in total. The van der Waals surface area contributed by atoms with Crippen LogP contribution in [0.3, 0.4) is 0 Å². The third-order valence-electron chi connectivity index (χ3n) is 8.41. The average Bonchev–Trinajstić information content (AvgIpc) is 3.48. The number of furan rings is 1. The Morgan fingerprint density at radius 2 is 1.28 bits per heavy atom. The second-order valence-corrected chi connectivity index (χ2v) is 13.7. The number of benzene rings is 5. The molecular formula is C39H28NO2P. The van der Waals surface area contributed by atoms with E-state index in [-0.39, 0.29) is 0 Å². The number of para-hydroxylation sites is 1. The summed E-state index contributed by atoms with van der Waals surface area (Å²) < 4.78 is 21.3. The summed E-state index contributed by atoms with van der Waals surface area (Å²) in [6.45, 7) is 0. The Morgan fingerprint density at radius 3 is 2.02 bits per heavy atom. The molecule has 0 saturated heterocycles. The molecule has 0 fully saturated rings. The third kappa shape index (κ3) is 4.28. The fourth-order valence-electron chi connectivity index (χ4n) is 6.29. The number of pyridine rings is 1. The molecule has 0 radical (unpaired) electrons. The summed E-state index contributed by atoms with van der Waals surface area (Å²) in [4.78, 5) is 5.11. The Morgan fingerprint density at radius 1 is 0.628 bits per heavy atom. The van der Waals surface area contributed by atoms with Gasteiger partial charge in [-0.05, 0) is 29.7 Å². The van der Waals surface area contributed by atoms with Gasteiger partial charge in [-0.3, -0.25) is 0 Å². The van der Waals surface area contributed by atoms with E-state index in [0.717, 1.165) is 78.8 Å². The van der Waals surface area contributed by atoms with Gasteiger partial charge in [-0.15, -0.1) is 0 Å². The van der Waals surface area contributed by atoms with Crippen LogP contribution in [0.1, 0.15) is 17.7 Å². The highest BCUT2D eigenvalue weighted by Gasteiger charge is 2.29. The Bertz CT molecular complexity index is 2150. The molecule has 206 valence electrons. The fourth-order valence-corrected chi connectivity index (χ4v) is 8.93. The predicted molar refractivity (Wildman–Crippen MR) is 179 cm³/mol. The number of nitrogens with zero attached hydrogens (tertiary/aromatic N) is 1. The molecule has 0 bridgehead atoms. The van der Waals surface area contributed by atoms with Crippen LogP contribution in [0.2, 0.25) is 0 Å². The van der Waals surface area contributed by atoms with Gasteiger partial charge in [0.05, 0.1) is 5.52 Å². The topological polar surface area (TPSA) is 43.1 Å². The van der Waals surface area contributed by atoms with Crippen LogP contribution in [-0.2, 0) is 11.0 Å². The van der Waals surface area contributed by atoms with Crippen molar-refractivity contribution in [3.63, 3.8) is 0 Å². The van der Waals surface area contributed by atoms with Gasteiger partial charge in [0.1, 0.15) is 11.5 Å². The van der Waals surface area contributed by atoms with Crippen molar-refractivity contribution in [1.82, 2.24) is 4.98 Å². The van der Waals surface area contributed by atoms with Crippen molar-refractivity contribution in [2.75, 3.05) is 0 Å². The Kier molecular flexibility index (Phi) is 6.21. The molecule has 7 aromatic rings. The molecule has 8 rings (SSSR count). The zero-order valence-corrected chi connectivity index (χ0v) is 24.4. The normalized spacial score (nSPS) is 12.9. The summed E-state index contributed by atoms with van der Waals surface area (Å²) >= 11 is 0. The van der Waals surface area contributed by atoms with Crippen molar-refractivity contribution < 1.29 is 8.98 Å². The SMILES string of the molecule is O=P(c1ccccc1)(c1ccccc1)c1ccc(-c2cccc(-c3nc4ccccc4c4c5c(oc34)CCC=C5)c2)cc1. The monoisotopic (exact) mass is 573 g/mol. The molecule has 5 aromatic carbocycles. The molecule has 4 heteroatoms. The van der Waals surface area contributed by atoms with E-state index in [9.17, 15) is 4.57 Å². The molecule has 0 unspecified atom stereocenters. The number of fused-ring (bicyclic) bond motifs is 5. The van der Waals surface area contributed by atoms with Gasteiger partial charge >= 0.3 is 0 Å². The molecule has 0 saturated carbocycles. The van der Waals surface area contributed by atoms with Gasteiger partial charge in [-0.1, -0.05) is 133 Å². The summed E-state index contributed by atoms with van der Waals surface area (Å²) in [5.41, 5.74) is 6.96. The second kappa shape index (κ2) is 10.4. The van der Waals surface area contributed by atoms with E-state index in [0.29, 0.717) is 0 Å². The van der Waals surface area contributed by atoms with E-state index in [1.807, 2.05) is 78.9 Å². The van der Waals surface area contributed by atoms with Crippen LogP contribution in [0.5, 0.6) is 0 Å². The highest BCUT2D eigenvalue weighted by atomic mass is 31.2. The van der Waals surface area contributed by atoms with Crippen LogP contribution in [0.15, 0.2) is 144 Å². The molecule has 0 amide bonds. The lowest BCUT2D eigenvalue weighted by molar-refractivity contribution is 0.546. The minimum absolute atomic E-state index is 0.817. The maximum Gasteiger partial charge on any atom is 0.171 e. The first-order chi connectivity index (χ1) is 21.2. The van der Waals surface area contributed by atoms with Crippen LogP contribution < -0.4 is 15.9 Å². The second-order valence-electron chi connectivity index (χ2n) is 11.0. The molecular weight excluding hydrogens is 545 g/mol. The first-order valence-electron chi connectivity index (χ1n) is 14.6. The van der Waals surface area contributed by atoms with Crippen LogP contribution >= 0.6 is 7.14 Å². The zero-order chi connectivity index (χ0) is 28.8. The number of aromatic nitrogens is 1. The Labute approximate surface area is 250 Å². The van der Waals surface area contributed by atoms with Gasteiger partial charge in [0.2, 0.25) is 0 Å². The van der Waals surface area contributed by atoms with Crippen molar-refractivity contribution in [2.45, 2.75) is 12.8 Å². The van der Waals surface area contributed by atoms with E-state index in [1.165, 1.54) is 5.56 Å². The van der Waals surface area contributed by atoms with Crippen molar-refractivity contribution in [3.05, 3.63) is 151 Å². The fraction of sp³-hybridized carbons (Fsp3) is 0.0513. The van der Waals surface area contributed by atoms with Gasteiger partial charge < -0.3 is 8.98 Å². The molecule has 0 N–H and O–H groups in total. The van der Waals surface area contributed by atoms with E-state index in [4.69, 9.17) is 9.40 Å². The molecule has 1 aliphatic carbocycles. The lowest BCUT2D eigenvalue weighted by atomic mass is 9.97. The Hall–Kier alpha value is -4.98. The minimum Gasteiger partial charge on any atom is -0.458 e. The first-order valence-corrected chi connectivity index (χ1v) is 16.3. The molecule has 0 atom stereocenters. The lowest BCUT2D eigenvalue weighted by Crippen LogP contribution is -2.24. The van der Waals surface area contributed by atoms with Crippen molar-refractivity contribution in [2.24, 2.45) is 0 Å². The maximum absolute atomic E-state index is 14.8. The first kappa shape index (κ1) is 25.7. The summed E-state index contributed by atoms with van der Waals surface area (Å²) in [5.74, 6) is 1.03. The minimum atomic E-state index is -3.03. The van der Waals surface area contributed by atoms with Crippen LogP contribution in [0.4, 0.5) is 0 Å². The Balaban J connectivity index is 1.23. The molecule has 0 spiro atoms. The third-order valence-corrected chi connectivity index (χ3v) is 11.5. The number of allylic oxidation sites excluding steroid dienone is 1. The molecule has 0 aliphatic heterocycles. The predicted octanol–water partition coefficient (Wildman–Crippen LogP) is 8.91. The van der Waals surface area contributed by atoms with E-state index < -0.39 is 7.14 Å². The molecule has 2 aromatic heterocycles. The lowest BCUT2D eigenvalue weighted by Gasteiger charge is -2.20. The van der Waals surface area contributed by atoms with Crippen LogP contribution in [0.25, 0.3) is 50.3 Å². The van der Waals surface area contributed by atoms with Gasteiger partial charge in [0, 0.05) is 44.2 Å². The zero-order valence-electron chi connectivity index (χ0n) is 23.5. The van der Waals surface area contributed by atoms with E-state index in [2.05, 4.69) is 66.7 Å². The summed E-state index contributed by atoms with van der Waals surface area (Å²) in [6, 6.07) is 44.5. The molecule has 43 heavy (non-hydrogen) atoms. The van der Waals surface area contributed by atoms with Crippen LogP contribution in [-0.4, -0.2) is 4.98 Å². The van der Waals surface area contributed by atoms with Crippen molar-refractivity contribution >= 4 is 51.0 Å². The number of hydrogen-bond donors (Lipinski definition) is 0. The number of rotatable bonds is 5. The molecule has 2 heterocycles. The van der Waals surface area contributed by atoms with Crippen LogP contribution in [0, 0.1) is 0 Å². The van der Waals surface area contributed by atoms with E-state index in [1.54, 1.807) is 0 Å². The summed E-state index contributed by atoms with van der Waals surface area (Å²) in [6.07, 6.45) is 6.31. The van der Waals surface area contributed by atoms with Gasteiger partial charge in [-0.25, -0.2) is 4.98 Å². The molecule has 1 aliphatic rings. The smallest absolute Gasteiger partial charge is 0.171 e. The van der Waals surface area contributed by atoms with Gasteiger partial charge in [0.25, 0.3) is 0 Å². The van der Waals surface area contributed by atoms with E-state index >= 15 is 0 Å². The maximum atomic E-state index is 14.8. The number of hydrogen-bond acceptors (Lipinski definition) is 3. The average molecular weight is 574 g/mol. The highest BCUT2D eigenvalue weighted by molar-refractivity contribution is 7.85. The highest BCUT2D eigenvalue weighted by Crippen LogP contribution is 2.43. The number of aryl methyl sites for hydroxylation is 1. The van der Waals surface area contributed by atoms with Gasteiger partial charge in [-0.2, -0.15) is 0 Å². The summed E-state index contributed by atoms with van der Waals surface area (Å²) in [5, 5.41) is 4.73. The standard InChI is InChI=1S/C39H28NO2P/c41-43(30-14-3-1-4-15-30,31-16-5-2-6-17-31)32-24-22-27(23-25-32)28-12-11-13-29(26-28)38-39-37(33-18-7-9-20-35(33)40-38)34-19-8-10-21-36(34)42-39/h1-9,11-20,22-26H,10,21H2. The summed E-state index contributed by atoms with van der Waals surface area (Å²) in [7, 11) is -3.03. The van der Waals surface area contributed by atoms with Crippen molar-refractivity contribution in [3.8, 4) is 22.4 Å².